The second-order valence-electron chi connectivity index (χ2n) is 5.24. The molecule has 0 saturated heterocycles. The topological polar surface area (TPSA) is 48.4 Å². The Morgan fingerprint density at radius 2 is 2.14 bits per heavy atom. The third-order valence-corrected chi connectivity index (χ3v) is 3.72. The van der Waals surface area contributed by atoms with E-state index in [1.165, 1.54) is 7.11 Å². The van der Waals surface area contributed by atoms with Crippen molar-refractivity contribution in [1.82, 2.24) is 4.98 Å². The van der Waals surface area contributed by atoms with Gasteiger partial charge in [0.1, 0.15) is 5.56 Å². The molecule has 22 heavy (non-hydrogen) atoms. The molecule has 0 aliphatic heterocycles. The summed E-state index contributed by atoms with van der Waals surface area (Å²) in [6, 6.07) is 6.57. The minimum atomic E-state index is -2.62. The van der Waals surface area contributed by atoms with Gasteiger partial charge in [-0.2, -0.15) is 0 Å². The van der Waals surface area contributed by atoms with Gasteiger partial charge < -0.3 is 9.47 Å². The van der Waals surface area contributed by atoms with Gasteiger partial charge in [0, 0.05) is 11.8 Å². The molecule has 1 unspecified atom stereocenters. The lowest BCUT2D eigenvalue weighted by Crippen LogP contribution is -2.08. The number of halogens is 2. The van der Waals surface area contributed by atoms with Crippen LogP contribution in [0.1, 0.15) is 35.2 Å². The lowest BCUT2D eigenvalue weighted by molar-refractivity contribution is 0.0522. The summed E-state index contributed by atoms with van der Waals surface area (Å²) in [5, 5.41) is 0.677. The number of hydrogen-bond donors (Lipinski definition) is 0. The maximum absolute atomic E-state index is 13.2. The molecule has 3 rings (SSSR count). The number of ether oxygens (including phenoxy) is 2. The largest absolute Gasteiger partial charge is 0.480 e. The molecule has 0 spiro atoms. The first kappa shape index (κ1) is 14.7. The van der Waals surface area contributed by atoms with E-state index in [-0.39, 0.29) is 24.5 Å². The SMILES string of the molecule is CCOC(=O)c1cc2ccc(C3CC3(F)F)cc2nc1OC. The number of pyridine rings is 1. The fourth-order valence-electron chi connectivity index (χ4n) is 2.47. The molecular weight excluding hydrogens is 292 g/mol. The molecule has 1 fully saturated rings. The van der Waals surface area contributed by atoms with Crippen molar-refractivity contribution in [2.75, 3.05) is 13.7 Å². The first-order valence-corrected chi connectivity index (χ1v) is 7.00. The van der Waals surface area contributed by atoms with Gasteiger partial charge in [0.15, 0.2) is 0 Å². The van der Waals surface area contributed by atoms with Crippen LogP contribution in [0.5, 0.6) is 5.88 Å². The summed E-state index contributed by atoms with van der Waals surface area (Å²) in [5.41, 5.74) is 1.29. The minimum absolute atomic E-state index is 0.128. The van der Waals surface area contributed by atoms with Crippen molar-refractivity contribution in [3.05, 3.63) is 35.4 Å². The van der Waals surface area contributed by atoms with E-state index in [1.54, 1.807) is 31.2 Å². The van der Waals surface area contributed by atoms with Crippen LogP contribution in [0.3, 0.4) is 0 Å². The van der Waals surface area contributed by atoms with E-state index in [0.717, 1.165) is 0 Å². The summed E-state index contributed by atoms with van der Waals surface area (Å²) in [6.07, 6.45) is -0.128. The van der Waals surface area contributed by atoms with Crippen LogP contribution in [-0.4, -0.2) is 30.6 Å². The monoisotopic (exact) mass is 307 g/mol. The molecule has 0 radical (unpaired) electrons. The van der Waals surface area contributed by atoms with Gasteiger partial charge in [0.05, 0.1) is 25.2 Å². The van der Waals surface area contributed by atoms with E-state index in [1.807, 2.05) is 0 Å². The first-order chi connectivity index (χ1) is 10.5. The van der Waals surface area contributed by atoms with Gasteiger partial charge in [-0.3, -0.25) is 0 Å². The number of methoxy groups -OCH3 is 1. The Kier molecular flexibility index (Phi) is 3.47. The van der Waals surface area contributed by atoms with Crippen LogP contribution in [0, 0.1) is 0 Å². The molecule has 1 aliphatic carbocycles. The van der Waals surface area contributed by atoms with Crippen molar-refractivity contribution >= 4 is 16.9 Å². The number of aromatic nitrogens is 1. The number of rotatable bonds is 4. The van der Waals surface area contributed by atoms with Crippen LogP contribution in [0.4, 0.5) is 8.78 Å². The maximum atomic E-state index is 13.2. The van der Waals surface area contributed by atoms with E-state index in [4.69, 9.17) is 9.47 Å². The smallest absolute Gasteiger partial charge is 0.343 e. The number of fused-ring (bicyclic) bond motifs is 1. The Morgan fingerprint density at radius 3 is 2.73 bits per heavy atom. The molecule has 1 heterocycles. The molecule has 1 aromatic carbocycles. The molecule has 1 aromatic heterocycles. The zero-order valence-electron chi connectivity index (χ0n) is 12.2. The second kappa shape index (κ2) is 5.19. The average Bonchev–Trinajstić information content (AvgIpc) is 3.14. The fourth-order valence-corrected chi connectivity index (χ4v) is 2.47. The van der Waals surface area contributed by atoms with Gasteiger partial charge in [0.2, 0.25) is 5.88 Å². The maximum Gasteiger partial charge on any atom is 0.343 e. The third-order valence-electron chi connectivity index (χ3n) is 3.72. The van der Waals surface area contributed by atoms with Crippen molar-refractivity contribution in [2.45, 2.75) is 25.2 Å². The van der Waals surface area contributed by atoms with Crippen molar-refractivity contribution in [1.29, 1.82) is 0 Å². The second-order valence-corrected chi connectivity index (χ2v) is 5.24. The van der Waals surface area contributed by atoms with E-state index in [2.05, 4.69) is 4.98 Å². The predicted molar refractivity (Wildman–Crippen MR) is 76.6 cm³/mol. The number of hydrogen-bond acceptors (Lipinski definition) is 4. The third kappa shape index (κ3) is 2.49. The summed E-state index contributed by atoms with van der Waals surface area (Å²) >= 11 is 0. The average molecular weight is 307 g/mol. The Morgan fingerprint density at radius 1 is 1.41 bits per heavy atom. The number of esters is 1. The summed E-state index contributed by atoms with van der Waals surface area (Å²) in [6.45, 7) is 1.96. The first-order valence-electron chi connectivity index (χ1n) is 7.00. The molecule has 4 nitrogen and oxygen atoms in total. The number of carbonyl (C=O) groups excluding carboxylic acids is 1. The molecule has 1 aliphatic rings. The lowest BCUT2D eigenvalue weighted by Gasteiger charge is -2.09. The van der Waals surface area contributed by atoms with E-state index < -0.39 is 17.8 Å². The van der Waals surface area contributed by atoms with E-state index in [9.17, 15) is 13.6 Å². The molecule has 1 saturated carbocycles. The molecule has 2 aromatic rings. The highest BCUT2D eigenvalue weighted by molar-refractivity contribution is 5.96. The standard InChI is InChI=1S/C16H15F2NO3/c1-3-22-15(20)11-6-10-5-4-9(12-8-16(12,17)18)7-13(10)19-14(11)21-2/h4-7,12H,3,8H2,1-2H3. The molecule has 0 bridgehead atoms. The zero-order chi connectivity index (χ0) is 15.9. The highest BCUT2D eigenvalue weighted by Gasteiger charge is 2.57. The normalized spacial score (nSPS) is 19.0. The van der Waals surface area contributed by atoms with Gasteiger partial charge in [-0.05, 0) is 24.6 Å². The van der Waals surface area contributed by atoms with Crippen LogP contribution in [-0.2, 0) is 4.74 Å². The lowest BCUT2D eigenvalue weighted by atomic mass is 10.1. The van der Waals surface area contributed by atoms with Crippen LogP contribution in [0.15, 0.2) is 24.3 Å². The summed E-state index contributed by atoms with van der Waals surface area (Å²) < 4.78 is 36.4. The zero-order valence-corrected chi connectivity index (χ0v) is 12.2. The van der Waals surface area contributed by atoms with E-state index >= 15 is 0 Å². The van der Waals surface area contributed by atoms with Crippen LogP contribution in [0.25, 0.3) is 10.9 Å². The molecular formula is C16H15F2NO3. The van der Waals surface area contributed by atoms with Gasteiger partial charge in [-0.25, -0.2) is 18.6 Å². The van der Waals surface area contributed by atoms with Gasteiger partial charge in [-0.15, -0.1) is 0 Å². The van der Waals surface area contributed by atoms with Gasteiger partial charge >= 0.3 is 5.97 Å². The number of alkyl halides is 2. The van der Waals surface area contributed by atoms with Crippen LogP contribution >= 0.6 is 0 Å². The fraction of sp³-hybridized carbons (Fsp3) is 0.375. The summed E-state index contributed by atoms with van der Waals surface area (Å²) in [5.74, 6) is -3.76. The van der Waals surface area contributed by atoms with Crippen LogP contribution < -0.4 is 4.74 Å². The number of carbonyl (C=O) groups is 1. The Labute approximate surface area is 126 Å². The number of nitrogens with zero attached hydrogens (tertiary/aromatic N) is 1. The van der Waals surface area contributed by atoms with E-state index in [0.29, 0.717) is 16.5 Å². The van der Waals surface area contributed by atoms with Crippen molar-refractivity contribution in [3.63, 3.8) is 0 Å². The Balaban J connectivity index is 2.04. The van der Waals surface area contributed by atoms with Crippen molar-refractivity contribution < 1.29 is 23.0 Å². The molecule has 0 amide bonds. The van der Waals surface area contributed by atoms with Crippen molar-refractivity contribution in [3.8, 4) is 5.88 Å². The Bertz CT molecular complexity index is 745. The minimum Gasteiger partial charge on any atom is -0.480 e. The highest BCUT2D eigenvalue weighted by atomic mass is 19.3. The highest BCUT2D eigenvalue weighted by Crippen LogP contribution is 2.55. The van der Waals surface area contributed by atoms with Crippen LogP contribution in [0.2, 0.25) is 0 Å². The van der Waals surface area contributed by atoms with Gasteiger partial charge in [-0.1, -0.05) is 12.1 Å². The molecule has 0 N–H and O–H groups in total. The predicted octanol–water partition coefficient (Wildman–Crippen LogP) is 3.54. The van der Waals surface area contributed by atoms with Crippen molar-refractivity contribution in [2.24, 2.45) is 0 Å². The molecule has 116 valence electrons. The Hall–Kier alpha value is -2.24. The summed E-state index contributed by atoms with van der Waals surface area (Å²) in [7, 11) is 1.40. The quantitative estimate of drug-likeness (QED) is 0.811. The molecule has 1 atom stereocenters. The molecule has 6 heteroatoms. The number of benzene rings is 1. The van der Waals surface area contributed by atoms with Gasteiger partial charge in [0.25, 0.3) is 5.92 Å². The summed E-state index contributed by atoms with van der Waals surface area (Å²) in [4.78, 5) is 16.1.